The summed E-state index contributed by atoms with van der Waals surface area (Å²) in [5, 5.41) is 30.1. The quantitative estimate of drug-likeness (QED) is 0.611. The number of rotatable bonds is 5. The van der Waals surface area contributed by atoms with Gasteiger partial charge in [0.1, 0.15) is 0 Å². The highest BCUT2D eigenvalue weighted by Crippen LogP contribution is 2.20. The van der Waals surface area contributed by atoms with Gasteiger partial charge in [-0.15, -0.1) is 0 Å². The predicted molar refractivity (Wildman–Crippen MR) is 64.3 cm³/mol. The highest BCUT2D eigenvalue weighted by molar-refractivity contribution is 5.88. The summed E-state index contributed by atoms with van der Waals surface area (Å²) in [6, 6.07) is 4.65. The van der Waals surface area contributed by atoms with Crippen molar-refractivity contribution in [2.45, 2.75) is 19.4 Å². The summed E-state index contributed by atoms with van der Waals surface area (Å²) in [6.45, 7) is 3.01. The number of hydrogen-bond acceptors (Lipinski definition) is 4. The zero-order valence-electron chi connectivity index (χ0n) is 9.90. The number of carbonyl (C=O) groups is 1. The van der Waals surface area contributed by atoms with Crippen LogP contribution >= 0.6 is 0 Å². The molecule has 0 unspecified atom stereocenters. The minimum absolute atomic E-state index is 0.211. The number of aromatic carboxylic acids is 1. The normalized spacial score (nSPS) is 11.3. The van der Waals surface area contributed by atoms with Crippen LogP contribution in [-0.2, 0) is 0 Å². The number of carboxylic acids is 1. The van der Waals surface area contributed by atoms with E-state index in [1.165, 1.54) is 6.07 Å². The van der Waals surface area contributed by atoms with Gasteiger partial charge in [0.2, 0.25) is 0 Å². The van der Waals surface area contributed by atoms with E-state index in [-0.39, 0.29) is 18.8 Å². The van der Waals surface area contributed by atoms with Crippen molar-refractivity contribution < 1.29 is 20.1 Å². The first kappa shape index (κ1) is 13.5. The largest absolute Gasteiger partial charge is 0.478 e. The molecule has 5 nitrogen and oxygen atoms in total. The smallest absolute Gasteiger partial charge is 0.335 e. The van der Waals surface area contributed by atoms with Crippen LogP contribution in [0.2, 0.25) is 0 Å². The third-order valence-electron chi connectivity index (χ3n) is 2.61. The number of aliphatic hydroxyl groups is 2. The maximum absolute atomic E-state index is 10.8. The van der Waals surface area contributed by atoms with Crippen molar-refractivity contribution in [1.82, 2.24) is 0 Å². The molecule has 0 heterocycles. The van der Waals surface area contributed by atoms with Crippen LogP contribution in [0.1, 0.15) is 22.8 Å². The Morgan fingerprint density at radius 1 is 1.35 bits per heavy atom. The van der Waals surface area contributed by atoms with Gasteiger partial charge in [0.25, 0.3) is 0 Å². The van der Waals surface area contributed by atoms with E-state index in [0.29, 0.717) is 5.69 Å². The molecule has 0 atom stereocenters. The van der Waals surface area contributed by atoms with Crippen molar-refractivity contribution >= 4 is 11.7 Å². The Bertz CT molecular complexity index is 413. The van der Waals surface area contributed by atoms with Crippen molar-refractivity contribution in [2.75, 3.05) is 18.5 Å². The van der Waals surface area contributed by atoms with Gasteiger partial charge in [0.05, 0.1) is 24.3 Å². The van der Waals surface area contributed by atoms with Gasteiger partial charge in [-0.3, -0.25) is 0 Å². The summed E-state index contributed by atoms with van der Waals surface area (Å²) >= 11 is 0. The summed E-state index contributed by atoms with van der Waals surface area (Å²) in [5.41, 5.74) is 0.830. The van der Waals surface area contributed by atoms with Gasteiger partial charge in [-0.05, 0) is 37.6 Å². The topological polar surface area (TPSA) is 89.8 Å². The van der Waals surface area contributed by atoms with Gasteiger partial charge in [-0.25, -0.2) is 4.79 Å². The molecule has 0 aliphatic rings. The lowest BCUT2D eigenvalue weighted by Crippen LogP contribution is -2.42. The van der Waals surface area contributed by atoms with Gasteiger partial charge in [0.15, 0.2) is 0 Å². The Kier molecular flexibility index (Phi) is 4.09. The van der Waals surface area contributed by atoms with Gasteiger partial charge in [-0.2, -0.15) is 0 Å². The van der Waals surface area contributed by atoms with Gasteiger partial charge in [0, 0.05) is 5.69 Å². The minimum atomic E-state index is -0.980. The standard InChI is InChI=1S/C12H17NO4/c1-8-5-9(11(16)17)3-4-10(8)13-12(2,6-14)7-15/h3-5,13-15H,6-7H2,1-2H3,(H,16,17). The van der Waals surface area contributed by atoms with Crippen LogP contribution in [0.5, 0.6) is 0 Å². The molecule has 0 bridgehead atoms. The van der Waals surface area contributed by atoms with Crippen molar-refractivity contribution in [1.29, 1.82) is 0 Å². The molecule has 0 amide bonds. The molecular weight excluding hydrogens is 222 g/mol. The minimum Gasteiger partial charge on any atom is -0.478 e. The van der Waals surface area contributed by atoms with E-state index in [9.17, 15) is 4.79 Å². The lowest BCUT2D eigenvalue weighted by atomic mass is 10.0. The monoisotopic (exact) mass is 239 g/mol. The van der Waals surface area contributed by atoms with Gasteiger partial charge >= 0.3 is 5.97 Å². The average molecular weight is 239 g/mol. The number of anilines is 1. The fourth-order valence-corrected chi connectivity index (χ4v) is 1.39. The predicted octanol–water partition coefficient (Wildman–Crippen LogP) is 0.848. The molecule has 94 valence electrons. The van der Waals surface area contributed by atoms with E-state index in [1.807, 2.05) is 0 Å². The van der Waals surface area contributed by atoms with Crippen LogP contribution in [0.4, 0.5) is 5.69 Å². The third kappa shape index (κ3) is 3.18. The highest BCUT2D eigenvalue weighted by Gasteiger charge is 2.22. The maximum atomic E-state index is 10.8. The summed E-state index contributed by atoms with van der Waals surface area (Å²) < 4.78 is 0. The highest BCUT2D eigenvalue weighted by atomic mass is 16.4. The van der Waals surface area contributed by atoms with E-state index >= 15 is 0 Å². The first-order valence-corrected chi connectivity index (χ1v) is 5.26. The maximum Gasteiger partial charge on any atom is 0.335 e. The second-order valence-corrected chi connectivity index (χ2v) is 4.34. The Balaban J connectivity index is 2.97. The molecule has 1 aromatic carbocycles. The van der Waals surface area contributed by atoms with Crippen LogP contribution < -0.4 is 5.32 Å². The van der Waals surface area contributed by atoms with Crippen molar-refractivity contribution in [3.8, 4) is 0 Å². The average Bonchev–Trinajstić information content (AvgIpc) is 2.31. The SMILES string of the molecule is Cc1cc(C(=O)O)ccc1NC(C)(CO)CO. The number of nitrogens with one attached hydrogen (secondary N) is 1. The molecule has 0 spiro atoms. The molecule has 4 N–H and O–H groups in total. The van der Waals surface area contributed by atoms with Crippen molar-refractivity contribution in [3.05, 3.63) is 29.3 Å². The molecular formula is C12H17NO4. The first-order chi connectivity index (χ1) is 7.91. The summed E-state index contributed by atoms with van der Waals surface area (Å²) in [6.07, 6.45) is 0. The van der Waals surface area contributed by atoms with Crippen molar-refractivity contribution in [2.24, 2.45) is 0 Å². The van der Waals surface area contributed by atoms with E-state index in [1.54, 1.807) is 26.0 Å². The van der Waals surface area contributed by atoms with Crippen LogP contribution in [0.25, 0.3) is 0 Å². The zero-order valence-corrected chi connectivity index (χ0v) is 9.90. The summed E-state index contributed by atoms with van der Waals surface area (Å²) in [4.78, 5) is 10.8. The Labute approximate surface area is 99.7 Å². The van der Waals surface area contributed by atoms with E-state index in [0.717, 1.165) is 5.56 Å². The fourth-order valence-electron chi connectivity index (χ4n) is 1.39. The number of aliphatic hydroxyl groups excluding tert-OH is 2. The lowest BCUT2D eigenvalue weighted by molar-refractivity contribution is 0.0696. The second-order valence-electron chi connectivity index (χ2n) is 4.34. The van der Waals surface area contributed by atoms with E-state index in [4.69, 9.17) is 15.3 Å². The number of aryl methyl sites for hydroxylation is 1. The molecule has 17 heavy (non-hydrogen) atoms. The van der Waals surface area contributed by atoms with Crippen LogP contribution in [0.3, 0.4) is 0 Å². The second kappa shape index (κ2) is 5.16. The van der Waals surface area contributed by atoms with Gasteiger partial charge in [-0.1, -0.05) is 0 Å². The Morgan fingerprint density at radius 3 is 2.35 bits per heavy atom. The molecule has 0 saturated heterocycles. The van der Waals surface area contributed by atoms with Crippen LogP contribution in [-0.4, -0.2) is 40.0 Å². The molecule has 0 radical (unpaired) electrons. The van der Waals surface area contributed by atoms with Crippen LogP contribution in [0, 0.1) is 6.92 Å². The molecule has 1 aromatic rings. The molecule has 5 heteroatoms. The molecule has 0 aliphatic carbocycles. The van der Waals surface area contributed by atoms with E-state index < -0.39 is 11.5 Å². The van der Waals surface area contributed by atoms with Crippen LogP contribution in [0.15, 0.2) is 18.2 Å². The number of carboxylic acid groups (broad SMARTS) is 1. The molecule has 0 aliphatic heterocycles. The Hall–Kier alpha value is -1.59. The fraction of sp³-hybridized carbons (Fsp3) is 0.417. The molecule has 0 saturated carbocycles. The van der Waals surface area contributed by atoms with E-state index in [2.05, 4.69) is 5.32 Å². The van der Waals surface area contributed by atoms with Gasteiger partial charge < -0.3 is 20.6 Å². The molecule has 0 fully saturated rings. The van der Waals surface area contributed by atoms with Crippen molar-refractivity contribution in [3.63, 3.8) is 0 Å². The Morgan fingerprint density at radius 2 is 1.94 bits per heavy atom. The zero-order chi connectivity index (χ0) is 13.1. The molecule has 1 rings (SSSR count). The first-order valence-electron chi connectivity index (χ1n) is 5.26. The molecule has 0 aromatic heterocycles. The number of benzene rings is 1. The summed E-state index contributed by atoms with van der Waals surface area (Å²) in [7, 11) is 0. The number of hydrogen-bond donors (Lipinski definition) is 4. The lowest BCUT2D eigenvalue weighted by Gasteiger charge is -2.28. The third-order valence-corrected chi connectivity index (χ3v) is 2.61. The summed E-state index contributed by atoms with van der Waals surface area (Å²) in [5.74, 6) is -0.980.